The Morgan fingerprint density at radius 3 is 2.64 bits per heavy atom. The molecule has 1 aliphatic rings. The third-order valence-electron chi connectivity index (χ3n) is 1.35. The van der Waals surface area contributed by atoms with Crippen molar-refractivity contribution < 1.29 is 9.57 Å². The van der Waals surface area contributed by atoms with E-state index in [2.05, 4.69) is 5.59 Å². The largest absolute Gasteiger partial charge is 0.379 e. The first-order valence-electron chi connectivity index (χ1n) is 3.63. The molecule has 0 aromatic rings. The van der Waals surface area contributed by atoms with E-state index in [4.69, 9.17) is 9.57 Å². The normalized spacial score (nSPS) is 19.4. The van der Waals surface area contributed by atoms with Gasteiger partial charge in [0.2, 0.25) is 0 Å². The van der Waals surface area contributed by atoms with E-state index in [-0.39, 0.29) is 12.4 Å². The predicted octanol–water partition coefficient (Wildman–Crippen LogP) is 0.196. The van der Waals surface area contributed by atoms with Crippen molar-refractivity contribution in [3.05, 3.63) is 0 Å². The molecule has 0 atom stereocenters. The Balaban J connectivity index is 0.000001000. The highest BCUT2D eigenvalue weighted by Crippen LogP contribution is 1.91. The zero-order valence-corrected chi connectivity index (χ0v) is 7.52. The standard InChI is InChI=1S/C6H14N2O2.ClH/c1-2-10-7-8-3-5-9-6-4-8;/h7H,2-6H2,1H3;1H. The average molecular weight is 183 g/mol. The summed E-state index contributed by atoms with van der Waals surface area (Å²) in [4.78, 5) is 4.99. The summed E-state index contributed by atoms with van der Waals surface area (Å²) < 4.78 is 5.14. The SMILES string of the molecule is CCONN1CCOCC1.Cl. The minimum Gasteiger partial charge on any atom is -0.379 e. The highest BCUT2D eigenvalue weighted by atomic mass is 35.5. The predicted molar refractivity (Wildman–Crippen MR) is 44.4 cm³/mol. The Morgan fingerprint density at radius 2 is 2.09 bits per heavy atom. The van der Waals surface area contributed by atoms with Gasteiger partial charge in [0, 0.05) is 13.1 Å². The number of hydrazine groups is 1. The van der Waals surface area contributed by atoms with Gasteiger partial charge in [0.1, 0.15) is 0 Å². The maximum Gasteiger partial charge on any atom is 0.0670 e. The van der Waals surface area contributed by atoms with Crippen LogP contribution in [0.1, 0.15) is 6.92 Å². The fraction of sp³-hybridized carbons (Fsp3) is 1.00. The molecule has 0 unspecified atom stereocenters. The maximum atomic E-state index is 5.14. The molecular weight excluding hydrogens is 168 g/mol. The third-order valence-corrected chi connectivity index (χ3v) is 1.35. The van der Waals surface area contributed by atoms with E-state index in [0.717, 1.165) is 26.3 Å². The fourth-order valence-corrected chi connectivity index (χ4v) is 0.810. The Morgan fingerprint density at radius 1 is 1.45 bits per heavy atom. The van der Waals surface area contributed by atoms with Gasteiger partial charge in [-0.3, -0.25) is 4.84 Å². The molecule has 1 heterocycles. The number of morpholine rings is 1. The van der Waals surface area contributed by atoms with Gasteiger partial charge in [0.15, 0.2) is 0 Å². The number of rotatable bonds is 3. The van der Waals surface area contributed by atoms with Crippen LogP contribution in [0.15, 0.2) is 0 Å². The summed E-state index contributed by atoms with van der Waals surface area (Å²) in [7, 11) is 0. The Bertz CT molecular complexity index is 88.7. The number of nitrogens with zero attached hydrogens (tertiary/aromatic N) is 1. The highest BCUT2D eigenvalue weighted by molar-refractivity contribution is 5.85. The van der Waals surface area contributed by atoms with Crippen LogP contribution in [0.2, 0.25) is 0 Å². The van der Waals surface area contributed by atoms with Crippen LogP contribution in [0.3, 0.4) is 0 Å². The zero-order chi connectivity index (χ0) is 7.23. The first kappa shape index (κ1) is 11.1. The lowest BCUT2D eigenvalue weighted by Crippen LogP contribution is -2.45. The van der Waals surface area contributed by atoms with Crippen molar-refractivity contribution in [2.24, 2.45) is 0 Å². The monoisotopic (exact) mass is 182 g/mol. The van der Waals surface area contributed by atoms with Crippen molar-refractivity contribution in [3.63, 3.8) is 0 Å². The zero-order valence-electron chi connectivity index (χ0n) is 6.71. The van der Waals surface area contributed by atoms with E-state index >= 15 is 0 Å². The number of halogens is 1. The second-order valence-electron chi connectivity index (χ2n) is 2.12. The summed E-state index contributed by atoms with van der Waals surface area (Å²) in [5, 5.41) is 2.01. The Labute approximate surface area is 73.2 Å². The molecule has 0 bridgehead atoms. The molecule has 0 saturated carbocycles. The molecular formula is C6H15ClN2O2. The van der Waals surface area contributed by atoms with Crippen LogP contribution in [0.4, 0.5) is 0 Å². The molecule has 1 fully saturated rings. The van der Waals surface area contributed by atoms with Crippen molar-refractivity contribution in [2.75, 3.05) is 32.9 Å². The molecule has 0 radical (unpaired) electrons. The third kappa shape index (κ3) is 4.55. The second-order valence-corrected chi connectivity index (χ2v) is 2.12. The van der Waals surface area contributed by atoms with Gasteiger partial charge < -0.3 is 4.74 Å². The van der Waals surface area contributed by atoms with Gasteiger partial charge in [0.25, 0.3) is 0 Å². The lowest BCUT2D eigenvalue weighted by Gasteiger charge is -2.25. The fourth-order valence-electron chi connectivity index (χ4n) is 0.810. The molecule has 0 aromatic carbocycles. The van der Waals surface area contributed by atoms with E-state index < -0.39 is 0 Å². The van der Waals surface area contributed by atoms with Crippen molar-refractivity contribution in [3.8, 4) is 0 Å². The van der Waals surface area contributed by atoms with Gasteiger partial charge in [-0.25, -0.2) is 5.01 Å². The van der Waals surface area contributed by atoms with Crippen LogP contribution in [-0.2, 0) is 9.57 Å². The molecule has 5 heteroatoms. The second kappa shape index (κ2) is 6.82. The molecule has 1 saturated heterocycles. The number of hydrogen-bond donors (Lipinski definition) is 1. The summed E-state index contributed by atoms with van der Waals surface area (Å²) in [5.41, 5.74) is 2.82. The summed E-state index contributed by atoms with van der Waals surface area (Å²) in [6, 6.07) is 0. The van der Waals surface area contributed by atoms with E-state index in [1.807, 2.05) is 11.9 Å². The number of hydrogen-bond acceptors (Lipinski definition) is 4. The molecule has 0 spiro atoms. The van der Waals surface area contributed by atoms with Gasteiger partial charge in [-0.05, 0) is 6.92 Å². The molecule has 1 N–H and O–H groups in total. The molecule has 0 aliphatic carbocycles. The molecule has 1 rings (SSSR count). The van der Waals surface area contributed by atoms with Crippen LogP contribution < -0.4 is 5.59 Å². The summed E-state index contributed by atoms with van der Waals surface area (Å²) >= 11 is 0. The average Bonchev–Trinajstić information content (AvgIpc) is 2.03. The van der Waals surface area contributed by atoms with Crippen molar-refractivity contribution in [1.82, 2.24) is 10.6 Å². The smallest absolute Gasteiger partial charge is 0.0670 e. The maximum absolute atomic E-state index is 5.14. The van der Waals surface area contributed by atoms with Gasteiger partial charge in [-0.1, -0.05) is 0 Å². The van der Waals surface area contributed by atoms with Gasteiger partial charge in [-0.15, -0.1) is 18.0 Å². The van der Waals surface area contributed by atoms with E-state index in [9.17, 15) is 0 Å². The quantitative estimate of drug-likeness (QED) is 0.633. The number of ether oxygens (including phenoxy) is 1. The minimum atomic E-state index is 0. The molecule has 4 nitrogen and oxygen atoms in total. The van der Waals surface area contributed by atoms with E-state index in [0.29, 0.717) is 6.61 Å². The van der Waals surface area contributed by atoms with Crippen LogP contribution in [0.25, 0.3) is 0 Å². The first-order valence-corrected chi connectivity index (χ1v) is 3.63. The van der Waals surface area contributed by atoms with E-state index in [1.165, 1.54) is 0 Å². The summed E-state index contributed by atoms with van der Waals surface area (Å²) in [6.07, 6.45) is 0. The molecule has 1 aliphatic heterocycles. The minimum absolute atomic E-state index is 0. The summed E-state index contributed by atoms with van der Waals surface area (Å²) in [6.45, 7) is 6.03. The Kier molecular flexibility index (Phi) is 6.90. The van der Waals surface area contributed by atoms with Gasteiger partial charge >= 0.3 is 0 Å². The van der Waals surface area contributed by atoms with Crippen molar-refractivity contribution >= 4 is 12.4 Å². The lowest BCUT2D eigenvalue weighted by molar-refractivity contribution is -0.113. The van der Waals surface area contributed by atoms with Crippen LogP contribution in [0.5, 0.6) is 0 Å². The molecule has 68 valence electrons. The van der Waals surface area contributed by atoms with Crippen LogP contribution in [0, 0.1) is 0 Å². The first-order chi connectivity index (χ1) is 4.93. The molecule has 0 amide bonds. The van der Waals surface area contributed by atoms with E-state index in [1.54, 1.807) is 0 Å². The summed E-state index contributed by atoms with van der Waals surface area (Å²) in [5.74, 6) is 0. The molecule has 11 heavy (non-hydrogen) atoms. The number of nitrogens with one attached hydrogen (secondary N) is 1. The Hall–Kier alpha value is 0.130. The van der Waals surface area contributed by atoms with Crippen LogP contribution >= 0.6 is 12.4 Å². The van der Waals surface area contributed by atoms with Gasteiger partial charge in [0.05, 0.1) is 19.8 Å². The lowest BCUT2D eigenvalue weighted by atomic mass is 10.5. The van der Waals surface area contributed by atoms with Gasteiger partial charge in [-0.2, -0.15) is 0 Å². The van der Waals surface area contributed by atoms with Crippen LogP contribution in [-0.4, -0.2) is 37.9 Å². The van der Waals surface area contributed by atoms with Crippen molar-refractivity contribution in [2.45, 2.75) is 6.92 Å². The highest BCUT2D eigenvalue weighted by Gasteiger charge is 2.08. The molecule has 0 aromatic heterocycles. The topological polar surface area (TPSA) is 33.7 Å². The van der Waals surface area contributed by atoms with Crippen molar-refractivity contribution in [1.29, 1.82) is 0 Å².